The van der Waals surface area contributed by atoms with E-state index in [1.807, 2.05) is 18.4 Å². The summed E-state index contributed by atoms with van der Waals surface area (Å²) in [5, 5.41) is 10.7. The second-order valence-electron chi connectivity index (χ2n) is 7.13. The first-order chi connectivity index (χ1) is 12.8. The summed E-state index contributed by atoms with van der Waals surface area (Å²) < 4.78 is 0. The molecule has 0 aromatic carbocycles. The Balaban J connectivity index is 0.00000261. The van der Waals surface area contributed by atoms with Gasteiger partial charge in [0.1, 0.15) is 0 Å². The zero-order valence-electron chi connectivity index (χ0n) is 16.7. The molecule has 0 aliphatic carbocycles. The Morgan fingerprint density at radius 1 is 1.15 bits per heavy atom. The molecule has 0 unspecified atom stereocenters. The maximum atomic E-state index is 4.42. The first-order valence-corrected chi connectivity index (χ1v) is 10.9. The largest absolute Gasteiger partial charge is 0.363 e. The van der Waals surface area contributed by atoms with Crippen LogP contribution in [0.4, 0.5) is 5.00 Å². The molecule has 2 saturated heterocycles. The molecule has 3 heterocycles. The number of likely N-dealkylation sites (N-methyl/N-ethyl adjacent to an activating group) is 1. The molecule has 2 N–H and O–H groups in total. The average Bonchev–Trinajstić information content (AvgIpc) is 3.23. The van der Waals surface area contributed by atoms with Crippen molar-refractivity contribution in [3.8, 4) is 0 Å². The highest BCUT2D eigenvalue weighted by Crippen LogP contribution is 2.24. The van der Waals surface area contributed by atoms with Crippen LogP contribution in [0.1, 0.15) is 19.8 Å². The molecule has 3 rings (SSSR count). The summed E-state index contributed by atoms with van der Waals surface area (Å²) in [6.07, 6.45) is 2.33. The highest BCUT2D eigenvalue weighted by molar-refractivity contribution is 14.0. The summed E-state index contributed by atoms with van der Waals surface area (Å²) in [5.41, 5.74) is 0. The fourth-order valence-electron chi connectivity index (χ4n) is 3.74. The van der Waals surface area contributed by atoms with Crippen molar-refractivity contribution in [2.75, 3.05) is 70.9 Å². The number of thiophene rings is 1. The molecule has 0 saturated carbocycles. The van der Waals surface area contributed by atoms with Crippen molar-refractivity contribution in [1.82, 2.24) is 20.4 Å². The number of rotatable bonds is 6. The molecule has 2 aliphatic rings. The zero-order valence-corrected chi connectivity index (χ0v) is 19.8. The van der Waals surface area contributed by atoms with E-state index in [-0.39, 0.29) is 24.0 Å². The Morgan fingerprint density at radius 3 is 2.44 bits per heavy atom. The Morgan fingerprint density at radius 2 is 1.85 bits per heavy atom. The molecule has 8 heteroatoms. The fraction of sp³-hybridized carbons (Fsp3) is 0.737. The van der Waals surface area contributed by atoms with Crippen LogP contribution in [-0.2, 0) is 0 Å². The van der Waals surface area contributed by atoms with Gasteiger partial charge < -0.3 is 20.4 Å². The van der Waals surface area contributed by atoms with Gasteiger partial charge in [-0.3, -0.25) is 9.89 Å². The molecule has 6 nitrogen and oxygen atoms in total. The van der Waals surface area contributed by atoms with E-state index in [0.29, 0.717) is 6.04 Å². The summed E-state index contributed by atoms with van der Waals surface area (Å²) >= 11 is 1.84. The van der Waals surface area contributed by atoms with Crippen molar-refractivity contribution < 1.29 is 0 Å². The number of anilines is 1. The highest BCUT2D eigenvalue weighted by atomic mass is 127. The third-order valence-corrected chi connectivity index (χ3v) is 6.44. The first-order valence-electron chi connectivity index (χ1n) is 9.99. The van der Waals surface area contributed by atoms with Crippen molar-refractivity contribution in [1.29, 1.82) is 0 Å². The van der Waals surface area contributed by atoms with E-state index >= 15 is 0 Å². The smallest absolute Gasteiger partial charge is 0.191 e. The molecule has 0 atom stereocenters. The number of halogens is 1. The third kappa shape index (κ3) is 7.07. The van der Waals surface area contributed by atoms with E-state index in [1.54, 1.807) is 0 Å². The number of piperidine rings is 1. The van der Waals surface area contributed by atoms with Gasteiger partial charge in [-0.05, 0) is 36.9 Å². The molecular formula is C19H35IN6S. The van der Waals surface area contributed by atoms with E-state index < -0.39 is 0 Å². The van der Waals surface area contributed by atoms with Crippen LogP contribution in [0, 0.1) is 0 Å². The van der Waals surface area contributed by atoms with Gasteiger partial charge in [0.2, 0.25) is 0 Å². The Labute approximate surface area is 185 Å². The molecule has 0 radical (unpaired) electrons. The minimum absolute atomic E-state index is 0. The lowest BCUT2D eigenvalue weighted by atomic mass is 10.1. The Bertz CT molecular complexity index is 536. The lowest BCUT2D eigenvalue weighted by Gasteiger charge is -2.35. The van der Waals surface area contributed by atoms with Gasteiger partial charge in [0.05, 0.1) is 5.00 Å². The fourth-order valence-corrected chi connectivity index (χ4v) is 4.53. The molecule has 1 aromatic heterocycles. The number of aliphatic imine (C=N–C) groups is 1. The summed E-state index contributed by atoms with van der Waals surface area (Å²) in [7, 11) is 1.87. The first kappa shape index (κ1) is 22.7. The van der Waals surface area contributed by atoms with Gasteiger partial charge in [-0.1, -0.05) is 6.92 Å². The predicted molar refractivity (Wildman–Crippen MR) is 128 cm³/mol. The van der Waals surface area contributed by atoms with Gasteiger partial charge in [0.25, 0.3) is 0 Å². The standard InChI is InChI=1S/C19H34N6S.HI/c1-3-23-12-14-24(15-13-23)11-8-21-19(20-2)22-17-6-9-25(10-7-17)18-5-4-16-26-18;/h4-5,16-17H,3,6-15H2,1-2H3,(H2,20,21,22);1H. The second-order valence-corrected chi connectivity index (χ2v) is 8.06. The molecule has 0 spiro atoms. The molecule has 1 aromatic rings. The maximum absolute atomic E-state index is 4.42. The SMILES string of the molecule is CCN1CCN(CCNC(=NC)NC2CCN(c3cccs3)CC2)CC1.I. The van der Waals surface area contributed by atoms with E-state index in [4.69, 9.17) is 0 Å². The molecule has 154 valence electrons. The van der Waals surface area contributed by atoms with Crippen molar-refractivity contribution >= 4 is 46.3 Å². The van der Waals surface area contributed by atoms with E-state index in [0.717, 1.165) is 45.0 Å². The van der Waals surface area contributed by atoms with Gasteiger partial charge in [-0.15, -0.1) is 35.3 Å². The molecular weight excluding hydrogens is 471 g/mol. The average molecular weight is 507 g/mol. The van der Waals surface area contributed by atoms with Crippen LogP contribution in [0.25, 0.3) is 0 Å². The molecule has 2 aliphatic heterocycles. The van der Waals surface area contributed by atoms with E-state index in [9.17, 15) is 0 Å². The normalized spacial score (nSPS) is 20.4. The third-order valence-electron chi connectivity index (χ3n) is 5.51. The molecule has 0 bridgehead atoms. The van der Waals surface area contributed by atoms with Crippen LogP contribution < -0.4 is 15.5 Å². The van der Waals surface area contributed by atoms with E-state index in [1.165, 1.54) is 37.7 Å². The Hall–Kier alpha value is -0.580. The molecule has 2 fully saturated rings. The number of nitrogens with zero attached hydrogens (tertiary/aromatic N) is 4. The number of piperazine rings is 1. The summed E-state index contributed by atoms with van der Waals surface area (Å²) in [4.78, 5) is 12.0. The number of hydrogen-bond donors (Lipinski definition) is 2. The molecule has 0 amide bonds. The van der Waals surface area contributed by atoms with Crippen molar-refractivity contribution in [3.63, 3.8) is 0 Å². The molecule has 27 heavy (non-hydrogen) atoms. The summed E-state index contributed by atoms with van der Waals surface area (Å²) in [6, 6.07) is 4.88. The lowest BCUT2D eigenvalue weighted by Crippen LogP contribution is -2.51. The minimum atomic E-state index is 0. The van der Waals surface area contributed by atoms with Gasteiger partial charge in [-0.25, -0.2) is 0 Å². The topological polar surface area (TPSA) is 46.1 Å². The summed E-state index contributed by atoms with van der Waals surface area (Å²) in [6.45, 7) is 12.5. The van der Waals surface area contributed by atoms with Gasteiger partial charge >= 0.3 is 0 Å². The number of hydrogen-bond acceptors (Lipinski definition) is 5. The van der Waals surface area contributed by atoms with Crippen LogP contribution in [0.15, 0.2) is 22.5 Å². The van der Waals surface area contributed by atoms with Crippen molar-refractivity contribution in [3.05, 3.63) is 17.5 Å². The summed E-state index contributed by atoms with van der Waals surface area (Å²) in [5.74, 6) is 0.951. The minimum Gasteiger partial charge on any atom is -0.363 e. The quantitative estimate of drug-likeness (QED) is 0.352. The monoisotopic (exact) mass is 506 g/mol. The van der Waals surface area contributed by atoms with Gasteiger partial charge in [-0.2, -0.15) is 0 Å². The number of guanidine groups is 1. The van der Waals surface area contributed by atoms with Crippen LogP contribution >= 0.6 is 35.3 Å². The van der Waals surface area contributed by atoms with Crippen LogP contribution in [0.5, 0.6) is 0 Å². The van der Waals surface area contributed by atoms with Crippen LogP contribution in [-0.4, -0.2) is 87.8 Å². The zero-order chi connectivity index (χ0) is 18.2. The van der Waals surface area contributed by atoms with Crippen molar-refractivity contribution in [2.45, 2.75) is 25.8 Å². The van der Waals surface area contributed by atoms with E-state index in [2.05, 4.69) is 54.8 Å². The van der Waals surface area contributed by atoms with Crippen LogP contribution in [0.3, 0.4) is 0 Å². The maximum Gasteiger partial charge on any atom is 0.191 e. The van der Waals surface area contributed by atoms with Crippen molar-refractivity contribution in [2.24, 2.45) is 4.99 Å². The predicted octanol–water partition coefficient (Wildman–Crippen LogP) is 2.14. The van der Waals surface area contributed by atoms with Crippen LogP contribution in [0.2, 0.25) is 0 Å². The number of nitrogens with one attached hydrogen (secondary N) is 2. The lowest BCUT2D eigenvalue weighted by molar-refractivity contribution is 0.139. The second kappa shape index (κ2) is 12.1. The highest BCUT2D eigenvalue weighted by Gasteiger charge is 2.21. The van der Waals surface area contributed by atoms with Gasteiger partial charge in [0, 0.05) is 65.4 Å². The van der Waals surface area contributed by atoms with Gasteiger partial charge in [0.15, 0.2) is 5.96 Å². The Kier molecular flexibility index (Phi) is 10.2.